The van der Waals surface area contributed by atoms with Gasteiger partial charge >= 0.3 is 5.97 Å². The number of aromatic nitrogens is 2. The normalized spacial score (nSPS) is 14.9. The van der Waals surface area contributed by atoms with Gasteiger partial charge in [0.2, 0.25) is 5.95 Å². The third-order valence-electron chi connectivity index (χ3n) is 7.37. The van der Waals surface area contributed by atoms with Crippen LogP contribution in [0.2, 0.25) is 0 Å². The molecule has 0 radical (unpaired) electrons. The molecule has 7 heteroatoms. The van der Waals surface area contributed by atoms with E-state index in [9.17, 15) is 9.18 Å². The lowest BCUT2D eigenvalue weighted by atomic mass is 10.1. The zero-order valence-corrected chi connectivity index (χ0v) is 23.1. The number of ether oxygens (including phenoxy) is 1. The molecule has 6 nitrogen and oxygen atoms in total. The van der Waals surface area contributed by atoms with Crippen LogP contribution >= 0.6 is 0 Å². The number of fused-ring (bicyclic) bond motifs is 1. The number of hydrogen-bond acceptors (Lipinski definition) is 5. The number of halogens is 1. The maximum atomic E-state index is 13.5. The van der Waals surface area contributed by atoms with Gasteiger partial charge in [-0.25, -0.2) is 14.2 Å². The van der Waals surface area contributed by atoms with E-state index in [0.717, 1.165) is 80.1 Å². The largest absolute Gasteiger partial charge is 0.463 e. The number of para-hydroxylation sites is 2. The van der Waals surface area contributed by atoms with Crippen LogP contribution in [-0.4, -0.2) is 59.8 Å². The number of benzene rings is 3. The number of anilines is 1. The Hall–Kier alpha value is -3.97. The number of imidazole rings is 1. The molecule has 0 spiro atoms. The Bertz CT molecular complexity index is 1420. The number of esters is 1. The number of nitrogens with zero attached hydrogens (tertiary/aromatic N) is 4. The lowest BCUT2D eigenvalue weighted by Gasteiger charge is -2.31. The van der Waals surface area contributed by atoms with Gasteiger partial charge in [0, 0.05) is 25.7 Å². The third kappa shape index (κ3) is 7.16. The van der Waals surface area contributed by atoms with Gasteiger partial charge in [-0.2, -0.15) is 0 Å². The Labute approximate surface area is 235 Å². The maximum Gasteiger partial charge on any atom is 0.330 e. The van der Waals surface area contributed by atoms with Gasteiger partial charge in [-0.1, -0.05) is 48.5 Å². The van der Waals surface area contributed by atoms with Crippen molar-refractivity contribution >= 4 is 29.0 Å². The van der Waals surface area contributed by atoms with Crippen LogP contribution in [-0.2, 0) is 22.5 Å². The van der Waals surface area contributed by atoms with Crippen molar-refractivity contribution in [2.24, 2.45) is 0 Å². The Morgan fingerprint density at radius 2 is 1.62 bits per heavy atom. The van der Waals surface area contributed by atoms with Crippen LogP contribution in [0.4, 0.5) is 10.3 Å². The van der Waals surface area contributed by atoms with E-state index in [0.29, 0.717) is 13.2 Å². The van der Waals surface area contributed by atoms with E-state index in [4.69, 9.17) is 9.72 Å². The second kappa shape index (κ2) is 13.4. The lowest BCUT2D eigenvalue weighted by Crippen LogP contribution is -2.38. The molecule has 5 rings (SSSR count). The molecule has 1 fully saturated rings. The van der Waals surface area contributed by atoms with Crippen LogP contribution in [0.1, 0.15) is 36.5 Å². The fourth-order valence-corrected chi connectivity index (χ4v) is 5.29. The van der Waals surface area contributed by atoms with Gasteiger partial charge in [0.25, 0.3) is 0 Å². The molecule has 3 aromatic carbocycles. The Morgan fingerprint density at radius 1 is 0.925 bits per heavy atom. The summed E-state index contributed by atoms with van der Waals surface area (Å²) in [6, 6.07) is 23.4. The molecule has 0 aliphatic carbocycles. The summed E-state index contributed by atoms with van der Waals surface area (Å²) in [7, 11) is 0. The summed E-state index contributed by atoms with van der Waals surface area (Å²) < 4.78 is 20.7. The van der Waals surface area contributed by atoms with Crippen LogP contribution in [0.3, 0.4) is 0 Å². The molecule has 1 saturated heterocycles. The topological polar surface area (TPSA) is 50.6 Å². The predicted octanol–water partition coefficient (Wildman–Crippen LogP) is 5.94. The summed E-state index contributed by atoms with van der Waals surface area (Å²) >= 11 is 0. The minimum atomic E-state index is -0.313. The monoisotopic (exact) mass is 540 g/mol. The molecular weight excluding hydrogens is 503 g/mol. The fraction of sp³-hybridized carbons (Fsp3) is 0.333. The first-order valence-electron chi connectivity index (χ1n) is 14.2. The van der Waals surface area contributed by atoms with Crippen molar-refractivity contribution in [1.82, 2.24) is 14.5 Å². The minimum Gasteiger partial charge on any atom is -0.463 e. The SMILES string of the molecule is CCOC(=O)C=Cc1ccc(CCN2CCCN(c3nc4ccccc4n3Cc3ccc(F)cc3)CCC2)cc1. The summed E-state index contributed by atoms with van der Waals surface area (Å²) in [4.78, 5) is 21.5. The van der Waals surface area contributed by atoms with Crippen LogP contribution in [0, 0.1) is 5.82 Å². The van der Waals surface area contributed by atoms with Crippen molar-refractivity contribution in [2.75, 3.05) is 44.2 Å². The molecule has 2 heterocycles. The van der Waals surface area contributed by atoms with Crippen LogP contribution < -0.4 is 4.90 Å². The zero-order chi connectivity index (χ0) is 27.7. The van der Waals surface area contributed by atoms with Gasteiger partial charge < -0.3 is 19.1 Å². The maximum absolute atomic E-state index is 13.5. The summed E-state index contributed by atoms with van der Waals surface area (Å²) in [5, 5.41) is 0. The first-order chi connectivity index (χ1) is 19.6. The van der Waals surface area contributed by atoms with E-state index in [2.05, 4.69) is 50.8 Å². The molecule has 0 saturated carbocycles. The first kappa shape index (κ1) is 27.6. The molecule has 0 N–H and O–H groups in total. The molecule has 0 unspecified atom stereocenters. The second-order valence-electron chi connectivity index (χ2n) is 10.2. The molecule has 1 aliphatic rings. The summed E-state index contributed by atoms with van der Waals surface area (Å²) in [5.41, 5.74) is 5.45. The molecule has 0 bridgehead atoms. The van der Waals surface area contributed by atoms with Crippen molar-refractivity contribution in [3.63, 3.8) is 0 Å². The van der Waals surface area contributed by atoms with Gasteiger partial charge in [-0.05, 0) is 86.3 Å². The Balaban J connectivity index is 1.18. The van der Waals surface area contributed by atoms with E-state index >= 15 is 0 Å². The van der Waals surface area contributed by atoms with E-state index < -0.39 is 0 Å². The van der Waals surface area contributed by atoms with E-state index in [1.54, 1.807) is 13.0 Å². The van der Waals surface area contributed by atoms with Crippen LogP contribution in [0.5, 0.6) is 0 Å². The Morgan fingerprint density at radius 3 is 2.35 bits per heavy atom. The van der Waals surface area contributed by atoms with Crippen LogP contribution in [0.15, 0.2) is 78.9 Å². The second-order valence-corrected chi connectivity index (χ2v) is 10.2. The summed E-state index contributed by atoms with van der Waals surface area (Å²) in [6.07, 6.45) is 6.40. The number of rotatable bonds is 9. The highest BCUT2D eigenvalue weighted by molar-refractivity contribution is 5.87. The van der Waals surface area contributed by atoms with Crippen molar-refractivity contribution in [3.8, 4) is 0 Å². The molecule has 1 aromatic heterocycles. The standard InChI is InChI=1S/C33H37FN4O2/c1-2-40-32(39)18-15-26-9-11-27(12-10-26)19-24-36-20-5-22-37(23-6-21-36)33-35-30-7-3-4-8-31(30)38(33)25-28-13-16-29(34)17-14-28/h3-4,7-18H,2,5-6,19-25H2,1H3. The summed E-state index contributed by atoms with van der Waals surface area (Å²) in [5.74, 6) is 0.469. The highest BCUT2D eigenvalue weighted by Crippen LogP contribution is 2.25. The Kier molecular flexibility index (Phi) is 9.24. The molecule has 0 atom stereocenters. The molecule has 208 valence electrons. The van der Waals surface area contributed by atoms with Gasteiger partial charge in [0.1, 0.15) is 5.82 Å². The number of carbonyl (C=O) groups is 1. The van der Waals surface area contributed by atoms with Gasteiger partial charge in [-0.15, -0.1) is 0 Å². The summed E-state index contributed by atoms with van der Waals surface area (Å²) in [6.45, 7) is 7.88. The van der Waals surface area contributed by atoms with E-state index in [1.807, 2.05) is 24.3 Å². The molecule has 1 aliphatic heterocycles. The van der Waals surface area contributed by atoms with E-state index in [-0.39, 0.29) is 11.8 Å². The zero-order valence-electron chi connectivity index (χ0n) is 23.1. The van der Waals surface area contributed by atoms with Gasteiger partial charge in [0.15, 0.2) is 0 Å². The smallest absolute Gasteiger partial charge is 0.330 e. The van der Waals surface area contributed by atoms with Crippen LogP contribution in [0.25, 0.3) is 17.1 Å². The van der Waals surface area contributed by atoms with Crippen molar-refractivity contribution in [2.45, 2.75) is 32.7 Å². The average Bonchev–Trinajstić information content (AvgIpc) is 3.31. The predicted molar refractivity (Wildman–Crippen MR) is 159 cm³/mol. The highest BCUT2D eigenvalue weighted by Gasteiger charge is 2.20. The first-order valence-corrected chi connectivity index (χ1v) is 14.2. The minimum absolute atomic E-state index is 0.215. The number of hydrogen-bond donors (Lipinski definition) is 0. The van der Waals surface area contributed by atoms with Crippen molar-refractivity contribution in [3.05, 3.63) is 101 Å². The quantitative estimate of drug-likeness (QED) is 0.194. The molecule has 40 heavy (non-hydrogen) atoms. The van der Waals surface area contributed by atoms with E-state index in [1.165, 1.54) is 23.8 Å². The molecular formula is C33H37FN4O2. The van der Waals surface area contributed by atoms with Gasteiger partial charge in [0.05, 0.1) is 24.2 Å². The van der Waals surface area contributed by atoms with Crippen molar-refractivity contribution in [1.29, 1.82) is 0 Å². The molecule has 0 amide bonds. The molecule has 4 aromatic rings. The van der Waals surface area contributed by atoms with Crippen molar-refractivity contribution < 1.29 is 13.9 Å². The highest BCUT2D eigenvalue weighted by atomic mass is 19.1. The lowest BCUT2D eigenvalue weighted by molar-refractivity contribution is -0.137. The third-order valence-corrected chi connectivity index (χ3v) is 7.37. The fourth-order valence-electron chi connectivity index (χ4n) is 5.29. The van der Waals surface area contributed by atoms with Gasteiger partial charge in [-0.3, -0.25) is 0 Å². The number of carbonyl (C=O) groups excluding carboxylic acids is 1. The average molecular weight is 541 g/mol.